The smallest absolute Gasteiger partial charge is 0.302 e. The van der Waals surface area contributed by atoms with Crippen molar-refractivity contribution >= 4 is 5.84 Å². The van der Waals surface area contributed by atoms with Gasteiger partial charge in [0.05, 0.1) is 0 Å². The molecule has 0 radical (unpaired) electrons. The van der Waals surface area contributed by atoms with E-state index in [2.05, 4.69) is 15.4 Å². The molecule has 0 unspecified atom stereocenters. The van der Waals surface area contributed by atoms with Gasteiger partial charge in [-0.15, -0.1) is 10.2 Å². The molecule has 0 spiro atoms. The summed E-state index contributed by atoms with van der Waals surface area (Å²) in [6.07, 6.45) is 0. The van der Waals surface area contributed by atoms with Crippen LogP contribution in [0.2, 0.25) is 0 Å². The van der Waals surface area contributed by atoms with Gasteiger partial charge in [0.2, 0.25) is 5.82 Å². The maximum atomic E-state index is 8.55. The molecule has 7 nitrogen and oxygen atoms in total. The van der Waals surface area contributed by atoms with Gasteiger partial charge in [-0.2, -0.15) is 4.80 Å². The molecule has 4 N–H and O–H groups in total. The van der Waals surface area contributed by atoms with Crippen LogP contribution >= 0.6 is 0 Å². The molecule has 0 saturated heterocycles. The molecule has 1 aromatic carbocycles. The second-order valence-electron chi connectivity index (χ2n) is 3.65. The number of amidine groups is 1. The third kappa shape index (κ3) is 2.57. The number of aromatic nitrogens is 4. The number of nitrogens with zero attached hydrogens (tertiary/aromatic N) is 4. The Morgan fingerprint density at radius 3 is 3.06 bits per heavy atom. The average molecular weight is 233 g/mol. The van der Waals surface area contributed by atoms with Gasteiger partial charge in [0.25, 0.3) is 0 Å². The van der Waals surface area contributed by atoms with E-state index >= 15 is 0 Å². The summed E-state index contributed by atoms with van der Waals surface area (Å²) in [4.78, 5) is 1.30. The average Bonchev–Trinajstić information content (AvgIpc) is 2.77. The van der Waals surface area contributed by atoms with E-state index in [1.54, 1.807) is 0 Å². The van der Waals surface area contributed by atoms with Crippen LogP contribution in [0.15, 0.2) is 24.3 Å². The lowest BCUT2D eigenvalue weighted by molar-refractivity contribution is -0.739. The fraction of sp³-hybridized carbons (Fsp3) is 0.200. The highest BCUT2D eigenvalue weighted by atomic mass is 16.4. The first kappa shape index (κ1) is 11.1. The van der Waals surface area contributed by atoms with Crippen molar-refractivity contribution in [2.24, 2.45) is 5.73 Å². The lowest BCUT2D eigenvalue weighted by atomic mass is 10.1. The Balaban J connectivity index is 2.24. The number of hydrogen-bond acceptors (Lipinski definition) is 4. The Hall–Kier alpha value is -2.44. The van der Waals surface area contributed by atoms with Crippen LogP contribution in [-0.2, 0) is 6.54 Å². The van der Waals surface area contributed by atoms with Crippen LogP contribution in [0, 0.1) is 6.92 Å². The van der Waals surface area contributed by atoms with Crippen molar-refractivity contribution in [1.29, 1.82) is 0 Å². The summed E-state index contributed by atoms with van der Waals surface area (Å²) in [5.74, 6) is 0.678. The zero-order valence-corrected chi connectivity index (χ0v) is 9.33. The van der Waals surface area contributed by atoms with Gasteiger partial charge in [-0.05, 0) is 18.2 Å². The van der Waals surface area contributed by atoms with Gasteiger partial charge < -0.3 is 5.21 Å². The zero-order chi connectivity index (χ0) is 12.3. The molecule has 7 heteroatoms. The Morgan fingerprint density at radius 2 is 2.35 bits per heavy atom. The van der Waals surface area contributed by atoms with Gasteiger partial charge in [-0.3, -0.25) is 5.73 Å². The molecule has 88 valence electrons. The predicted octanol–water partition coefficient (Wildman–Crippen LogP) is -1.52. The molecule has 0 saturated carbocycles. The molecular formula is C10H13N6O+. The number of hydrogen-bond donors (Lipinski definition) is 3. The highest BCUT2D eigenvalue weighted by Crippen LogP contribution is 2.14. The first-order valence-electron chi connectivity index (χ1n) is 5.05. The molecule has 0 atom stereocenters. The summed E-state index contributed by atoms with van der Waals surface area (Å²) in [7, 11) is 0. The molecule has 0 aliphatic carbocycles. The van der Waals surface area contributed by atoms with E-state index in [0.717, 1.165) is 11.1 Å². The Bertz CT molecular complexity index is 547. The number of tetrazole rings is 1. The molecule has 1 aromatic heterocycles. The van der Waals surface area contributed by atoms with E-state index in [4.69, 9.17) is 10.9 Å². The first-order chi connectivity index (χ1) is 8.19. The largest absolute Gasteiger partial charge is 0.357 e. The highest BCUT2D eigenvalue weighted by Gasteiger charge is 2.08. The third-order valence-corrected chi connectivity index (χ3v) is 2.18. The molecule has 2 rings (SSSR count). The Labute approximate surface area is 97.6 Å². The van der Waals surface area contributed by atoms with E-state index in [1.807, 2.05) is 36.3 Å². The summed E-state index contributed by atoms with van der Waals surface area (Å²) < 4.78 is 0. The fourth-order valence-corrected chi connectivity index (χ4v) is 1.40. The van der Waals surface area contributed by atoms with Gasteiger partial charge in [0.15, 0.2) is 6.54 Å². The minimum absolute atomic E-state index is 0.151. The molecular weight excluding hydrogens is 220 g/mol. The van der Waals surface area contributed by atoms with Gasteiger partial charge in [0.1, 0.15) is 0 Å². The van der Waals surface area contributed by atoms with Crippen LogP contribution in [0.1, 0.15) is 5.56 Å². The van der Waals surface area contributed by atoms with E-state index in [1.165, 1.54) is 4.80 Å². The number of benzene rings is 1. The summed E-state index contributed by atoms with van der Waals surface area (Å²) >= 11 is 0. The molecule has 17 heavy (non-hydrogen) atoms. The van der Waals surface area contributed by atoms with E-state index < -0.39 is 0 Å². The van der Waals surface area contributed by atoms with Crippen LogP contribution in [0.3, 0.4) is 0 Å². The minimum Gasteiger partial charge on any atom is -0.357 e. The van der Waals surface area contributed by atoms with Crippen molar-refractivity contribution in [2.45, 2.75) is 13.5 Å². The summed E-state index contributed by atoms with van der Waals surface area (Å²) in [6.45, 7) is 2.16. The lowest BCUT2D eigenvalue weighted by Crippen LogP contribution is -2.72. The topological polar surface area (TPSA) is 104 Å². The van der Waals surface area contributed by atoms with Crippen LogP contribution in [0.5, 0.6) is 0 Å². The zero-order valence-electron chi connectivity index (χ0n) is 9.33. The second-order valence-corrected chi connectivity index (χ2v) is 3.65. The SMILES string of the molecule is Cc1cccc(-c2nnn(CC(N)=[NH+]O)n2)c1. The lowest BCUT2D eigenvalue weighted by Gasteiger charge is -1.95. The monoisotopic (exact) mass is 233 g/mol. The van der Waals surface area contributed by atoms with E-state index in [-0.39, 0.29) is 12.4 Å². The van der Waals surface area contributed by atoms with Crippen molar-refractivity contribution in [3.05, 3.63) is 29.8 Å². The summed E-state index contributed by atoms with van der Waals surface area (Å²) in [6, 6.07) is 7.81. The number of rotatable bonds is 3. The van der Waals surface area contributed by atoms with Crippen LogP contribution < -0.4 is 10.9 Å². The molecule has 0 aliphatic rings. The Kier molecular flexibility index (Phi) is 2.99. The van der Waals surface area contributed by atoms with Gasteiger partial charge in [0, 0.05) is 5.56 Å². The second kappa shape index (κ2) is 4.60. The number of nitrogens with one attached hydrogen (secondary N) is 1. The van der Waals surface area contributed by atoms with Crippen molar-refractivity contribution in [3.8, 4) is 11.4 Å². The van der Waals surface area contributed by atoms with E-state index in [0.29, 0.717) is 5.82 Å². The molecule has 0 fully saturated rings. The maximum absolute atomic E-state index is 8.55. The van der Waals surface area contributed by atoms with Crippen LogP contribution in [0.25, 0.3) is 11.4 Å². The van der Waals surface area contributed by atoms with Crippen molar-refractivity contribution in [3.63, 3.8) is 0 Å². The molecule has 1 heterocycles. The third-order valence-electron chi connectivity index (χ3n) is 2.18. The molecule has 2 aromatic rings. The van der Waals surface area contributed by atoms with Crippen LogP contribution in [0.4, 0.5) is 0 Å². The number of aryl methyl sites for hydroxylation is 1. The molecule has 0 aliphatic heterocycles. The van der Waals surface area contributed by atoms with Crippen molar-refractivity contribution < 1.29 is 10.4 Å². The highest BCUT2D eigenvalue weighted by molar-refractivity contribution is 5.73. The summed E-state index contributed by atoms with van der Waals surface area (Å²) in [5, 5.41) is 22.3. The first-order valence-corrected chi connectivity index (χ1v) is 5.05. The maximum Gasteiger partial charge on any atom is 0.302 e. The van der Waals surface area contributed by atoms with Gasteiger partial charge >= 0.3 is 5.84 Å². The normalized spacial score (nSPS) is 11.7. The van der Waals surface area contributed by atoms with Gasteiger partial charge in [-0.25, -0.2) is 0 Å². The quantitative estimate of drug-likeness (QED) is 0.258. The number of nitrogens with two attached hydrogens (primary N) is 1. The fourth-order valence-electron chi connectivity index (χ4n) is 1.40. The van der Waals surface area contributed by atoms with E-state index in [9.17, 15) is 0 Å². The summed E-state index contributed by atoms with van der Waals surface area (Å²) in [5.41, 5.74) is 7.43. The van der Waals surface area contributed by atoms with Crippen molar-refractivity contribution in [2.75, 3.05) is 0 Å². The predicted molar refractivity (Wildman–Crippen MR) is 59.9 cm³/mol. The Morgan fingerprint density at radius 1 is 1.53 bits per heavy atom. The van der Waals surface area contributed by atoms with Crippen molar-refractivity contribution in [1.82, 2.24) is 20.2 Å². The van der Waals surface area contributed by atoms with Crippen LogP contribution in [-0.4, -0.2) is 31.3 Å². The molecule has 0 bridgehead atoms. The molecule has 0 amide bonds. The minimum atomic E-state index is 0.151. The standard InChI is InChI=1S/C10H12N6O/c1-7-3-2-4-8(5-7)10-12-15-16(13-10)6-9(11)14-17/h2-5,17H,6H2,1H3,(H2,11,14)/p+1. The van der Waals surface area contributed by atoms with Gasteiger partial charge in [-0.1, -0.05) is 28.9 Å².